The standard InChI is InChI=1S/C10H18O3S/c1-9(11)14-8-6-4-3-5-7-10(12)13-2/h3-8H2,1-2H3. The quantitative estimate of drug-likeness (QED) is 0.486. The van der Waals surface area contributed by atoms with Crippen molar-refractivity contribution in [3.63, 3.8) is 0 Å². The van der Waals surface area contributed by atoms with Gasteiger partial charge in [0, 0.05) is 19.1 Å². The minimum Gasteiger partial charge on any atom is -0.469 e. The van der Waals surface area contributed by atoms with Crippen LogP contribution >= 0.6 is 11.8 Å². The van der Waals surface area contributed by atoms with Crippen LogP contribution in [0.5, 0.6) is 0 Å². The van der Waals surface area contributed by atoms with Crippen LogP contribution in [-0.4, -0.2) is 23.9 Å². The fraction of sp³-hybridized carbons (Fsp3) is 0.800. The van der Waals surface area contributed by atoms with Crippen LogP contribution in [0.1, 0.15) is 39.0 Å². The predicted octanol–water partition coefficient (Wildman–Crippen LogP) is 2.39. The number of methoxy groups -OCH3 is 1. The lowest BCUT2D eigenvalue weighted by Gasteiger charge is -1.99. The molecule has 82 valence electrons. The molecule has 0 fully saturated rings. The summed E-state index contributed by atoms with van der Waals surface area (Å²) in [6.07, 6.45) is 4.56. The molecule has 0 aromatic carbocycles. The molecule has 0 aromatic heterocycles. The van der Waals surface area contributed by atoms with Gasteiger partial charge in [-0.3, -0.25) is 9.59 Å². The van der Waals surface area contributed by atoms with E-state index in [1.807, 2.05) is 0 Å². The molecule has 0 amide bonds. The summed E-state index contributed by atoms with van der Waals surface area (Å²) in [5, 5.41) is 0.180. The van der Waals surface area contributed by atoms with E-state index in [2.05, 4.69) is 4.74 Å². The number of ether oxygens (including phenoxy) is 1. The Kier molecular flexibility index (Phi) is 8.73. The third-order valence-corrected chi connectivity index (χ3v) is 2.71. The van der Waals surface area contributed by atoms with Gasteiger partial charge in [0.15, 0.2) is 5.12 Å². The van der Waals surface area contributed by atoms with Gasteiger partial charge in [-0.1, -0.05) is 24.6 Å². The van der Waals surface area contributed by atoms with Gasteiger partial charge in [-0.15, -0.1) is 0 Å². The zero-order valence-electron chi connectivity index (χ0n) is 8.88. The lowest BCUT2D eigenvalue weighted by molar-refractivity contribution is -0.140. The van der Waals surface area contributed by atoms with Gasteiger partial charge in [0.25, 0.3) is 0 Å². The van der Waals surface area contributed by atoms with Crippen LogP contribution < -0.4 is 0 Å². The van der Waals surface area contributed by atoms with E-state index in [-0.39, 0.29) is 11.1 Å². The lowest BCUT2D eigenvalue weighted by Crippen LogP contribution is -1.99. The highest BCUT2D eigenvalue weighted by Gasteiger charge is 1.99. The molecule has 0 aromatic rings. The van der Waals surface area contributed by atoms with Crippen LogP contribution in [0.4, 0.5) is 0 Å². The number of esters is 1. The molecule has 0 rings (SSSR count). The Balaban J connectivity index is 3.06. The zero-order valence-corrected chi connectivity index (χ0v) is 9.69. The van der Waals surface area contributed by atoms with Gasteiger partial charge in [-0.05, 0) is 12.8 Å². The van der Waals surface area contributed by atoms with Crippen LogP contribution in [0.15, 0.2) is 0 Å². The summed E-state index contributed by atoms with van der Waals surface area (Å²) in [6.45, 7) is 1.59. The van der Waals surface area contributed by atoms with Crippen molar-refractivity contribution >= 4 is 22.8 Å². The zero-order chi connectivity index (χ0) is 10.8. The van der Waals surface area contributed by atoms with Crippen molar-refractivity contribution in [1.29, 1.82) is 0 Å². The molecule has 4 heteroatoms. The summed E-state index contributed by atoms with van der Waals surface area (Å²) in [4.78, 5) is 21.3. The van der Waals surface area contributed by atoms with E-state index in [4.69, 9.17) is 0 Å². The van der Waals surface area contributed by atoms with Gasteiger partial charge in [0.05, 0.1) is 7.11 Å². The highest BCUT2D eigenvalue weighted by atomic mass is 32.2. The molecular weight excluding hydrogens is 200 g/mol. The monoisotopic (exact) mass is 218 g/mol. The molecule has 0 saturated heterocycles. The van der Waals surface area contributed by atoms with Crippen molar-refractivity contribution in [2.24, 2.45) is 0 Å². The Morgan fingerprint density at radius 2 is 1.79 bits per heavy atom. The summed E-state index contributed by atoms with van der Waals surface area (Å²) >= 11 is 1.37. The van der Waals surface area contributed by atoms with Crippen LogP contribution in [0, 0.1) is 0 Å². The lowest BCUT2D eigenvalue weighted by atomic mass is 10.1. The summed E-state index contributed by atoms with van der Waals surface area (Å²) in [7, 11) is 1.41. The highest BCUT2D eigenvalue weighted by molar-refractivity contribution is 8.13. The maximum Gasteiger partial charge on any atom is 0.305 e. The second kappa shape index (κ2) is 9.06. The molecule has 0 atom stereocenters. The molecule has 3 nitrogen and oxygen atoms in total. The van der Waals surface area contributed by atoms with Gasteiger partial charge in [0.1, 0.15) is 0 Å². The molecule has 14 heavy (non-hydrogen) atoms. The fourth-order valence-electron chi connectivity index (χ4n) is 1.04. The molecule has 0 saturated carbocycles. The molecule has 0 aliphatic rings. The summed E-state index contributed by atoms with van der Waals surface area (Å²) in [5.41, 5.74) is 0. The van der Waals surface area contributed by atoms with Gasteiger partial charge >= 0.3 is 5.97 Å². The van der Waals surface area contributed by atoms with Gasteiger partial charge < -0.3 is 4.74 Å². The van der Waals surface area contributed by atoms with E-state index in [0.717, 1.165) is 31.4 Å². The highest BCUT2D eigenvalue weighted by Crippen LogP contribution is 2.09. The van der Waals surface area contributed by atoms with Gasteiger partial charge in [-0.25, -0.2) is 0 Å². The Hall–Kier alpha value is -0.510. The van der Waals surface area contributed by atoms with Crippen LogP contribution in [-0.2, 0) is 14.3 Å². The molecule has 0 radical (unpaired) electrons. The second-order valence-corrected chi connectivity index (χ2v) is 4.35. The number of unbranched alkanes of at least 4 members (excludes halogenated alkanes) is 3. The van der Waals surface area contributed by atoms with E-state index in [1.165, 1.54) is 18.9 Å². The Labute approximate surface area is 89.6 Å². The Bertz CT molecular complexity index is 180. The fourth-order valence-corrected chi connectivity index (χ4v) is 1.68. The molecular formula is C10H18O3S. The van der Waals surface area contributed by atoms with Crippen molar-refractivity contribution < 1.29 is 14.3 Å². The van der Waals surface area contributed by atoms with Crippen molar-refractivity contribution in [2.75, 3.05) is 12.9 Å². The largest absolute Gasteiger partial charge is 0.469 e. The minimum absolute atomic E-state index is 0.136. The topological polar surface area (TPSA) is 43.4 Å². The number of hydrogen-bond acceptors (Lipinski definition) is 4. The maximum atomic E-state index is 10.7. The SMILES string of the molecule is COC(=O)CCCCCCSC(C)=O. The smallest absolute Gasteiger partial charge is 0.305 e. The minimum atomic E-state index is -0.136. The maximum absolute atomic E-state index is 10.7. The predicted molar refractivity (Wildman–Crippen MR) is 58.2 cm³/mol. The molecule has 0 spiro atoms. The third-order valence-electron chi connectivity index (χ3n) is 1.81. The Morgan fingerprint density at radius 3 is 2.36 bits per heavy atom. The van der Waals surface area contributed by atoms with E-state index in [1.54, 1.807) is 6.92 Å². The van der Waals surface area contributed by atoms with E-state index < -0.39 is 0 Å². The number of rotatable bonds is 7. The molecule has 0 aliphatic carbocycles. The number of carbonyl (C=O) groups is 2. The van der Waals surface area contributed by atoms with Crippen molar-refractivity contribution in [3.05, 3.63) is 0 Å². The molecule has 0 aliphatic heterocycles. The van der Waals surface area contributed by atoms with E-state index >= 15 is 0 Å². The summed E-state index contributed by atoms with van der Waals surface area (Å²) in [6, 6.07) is 0. The van der Waals surface area contributed by atoms with E-state index in [0.29, 0.717) is 6.42 Å². The first kappa shape index (κ1) is 13.5. The first-order chi connectivity index (χ1) is 6.66. The number of carbonyl (C=O) groups excluding carboxylic acids is 2. The average molecular weight is 218 g/mol. The van der Waals surface area contributed by atoms with E-state index in [9.17, 15) is 9.59 Å². The Morgan fingerprint density at radius 1 is 1.14 bits per heavy atom. The molecule has 0 heterocycles. The summed E-state index contributed by atoms with van der Waals surface area (Å²) < 4.78 is 4.52. The van der Waals surface area contributed by atoms with Crippen molar-refractivity contribution in [3.8, 4) is 0 Å². The first-order valence-corrected chi connectivity index (χ1v) is 5.85. The molecule has 0 N–H and O–H groups in total. The van der Waals surface area contributed by atoms with Gasteiger partial charge in [-0.2, -0.15) is 0 Å². The normalized spacial score (nSPS) is 9.86. The van der Waals surface area contributed by atoms with Gasteiger partial charge in [0.2, 0.25) is 0 Å². The second-order valence-electron chi connectivity index (χ2n) is 3.08. The van der Waals surface area contributed by atoms with Crippen molar-refractivity contribution in [1.82, 2.24) is 0 Å². The van der Waals surface area contributed by atoms with Crippen molar-refractivity contribution in [2.45, 2.75) is 39.0 Å². The van der Waals surface area contributed by atoms with Crippen LogP contribution in [0.25, 0.3) is 0 Å². The first-order valence-electron chi connectivity index (χ1n) is 4.87. The number of thioether (sulfide) groups is 1. The summed E-state index contributed by atoms with van der Waals surface area (Å²) in [5.74, 6) is 0.760. The third kappa shape index (κ3) is 9.58. The number of hydrogen-bond donors (Lipinski definition) is 0. The average Bonchev–Trinajstić information content (AvgIpc) is 2.15. The molecule has 0 unspecified atom stereocenters. The van der Waals surface area contributed by atoms with Crippen LogP contribution in [0.2, 0.25) is 0 Å². The van der Waals surface area contributed by atoms with Crippen LogP contribution in [0.3, 0.4) is 0 Å². The molecule has 0 bridgehead atoms.